The van der Waals surface area contributed by atoms with Gasteiger partial charge < -0.3 is 16.4 Å². The fraction of sp³-hybridized carbons (Fsp3) is 0.800. The topological polar surface area (TPSA) is 105 Å². The van der Waals surface area contributed by atoms with Crippen molar-refractivity contribution in [3.05, 3.63) is 0 Å². The maximum atomic E-state index is 12.5. The quantitative estimate of drug-likeness (QED) is 0.632. The Bertz CT molecular complexity index is 489. The van der Waals surface area contributed by atoms with Crippen molar-refractivity contribution in [1.29, 1.82) is 0 Å². The molecule has 3 aliphatic rings. The van der Waals surface area contributed by atoms with Gasteiger partial charge in [-0.3, -0.25) is 14.5 Å². The summed E-state index contributed by atoms with van der Waals surface area (Å²) in [6.45, 7) is 0.183. The first-order valence-electron chi connectivity index (χ1n) is 8.18. The van der Waals surface area contributed by atoms with Crippen molar-refractivity contribution in [2.24, 2.45) is 11.7 Å². The van der Waals surface area contributed by atoms with Crippen LogP contribution in [0.1, 0.15) is 44.9 Å². The van der Waals surface area contributed by atoms with E-state index in [9.17, 15) is 14.4 Å². The number of hydrogen-bond acceptors (Lipinski definition) is 4. The van der Waals surface area contributed by atoms with Gasteiger partial charge in [-0.15, -0.1) is 12.4 Å². The van der Waals surface area contributed by atoms with Crippen LogP contribution in [0.15, 0.2) is 0 Å². The number of carbonyl (C=O) groups excluding carboxylic acids is 3. The van der Waals surface area contributed by atoms with Gasteiger partial charge in [0.2, 0.25) is 5.91 Å². The van der Waals surface area contributed by atoms with E-state index in [-0.39, 0.29) is 36.8 Å². The molecule has 0 aromatic rings. The first-order chi connectivity index (χ1) is 10.5. The van der Waals surface area contributed by atoms with Gasteiger partial charge in [-0.2, -0.15) is 0 Å². The fourth-order valence-corrected chi connectivity index (χ4v) is 3.44. The number of urea groups is 1. The number of nitrogens with two attached hydrogens (primary N) is 1. The molecule has 1 atom stereocenters. The van der Waals surface area contributed by atoms with E-state index in [4.69, 9.17) is 5.73 Å². The van der Waals surface area contributed by atoms with E-state index in [0.717, 1.165) is 37.0 Å². The SMILES string of the molecule is Cl.NC(CNC(=O)CN1C(=O)NC2(CCCCC2)C1=O)C1CC1. The molecule has 2 saturated carbocycles. The summed E-state index contributed by atoms with van der Waals surface area (Å²) in [7, 11) is 0. The molecule has 4 amide bonds. The van der Waals surface area contributed by atoms with Gasteiger partial charge in [0, 0.05) is 12.6 Å². The normalized spacial score (nSPS) is 24.1. The van der Waals surface area contributed by atoms with Gasteiger partial charge in [-0.05, 0) is 31.6 Å². The Labute approximate surface area is 142 Å². The van der Waals surface area contributed by atoms with Crippen molar-refractivity contribution in [3.63, 3.8) is 0 Å². The molecule has 8 heteroatoms. The third kappa shape index (κ3) is 3.77. The summed E-state index contributed by atoms with van der Waals surface area (Å²) in [5.41, 5.74) is 5.16. The van der Waals surface area contributed by atoms with E-state index >= 15 is 0 Å². The standard InChI is InChI=1S/C15H24N4O3.ClH/c16-11(10-4-5-10)8-17-12(20)9-19-13(21)15(18-14(19)22)6-2-1-3-7-15;/h10-11H,1-9,16H2,(H,17,20)(H,18,22);1H. The largest absolute Gasteiger partial charge is 0.353 e. The Kier molecular flexibility index (Phi) is 5.52. The zero-order chi connectivity index (χ0) is 15.7. The summed E-state index contributed by atoms with van der Waals surface area (Å²) < 4.78 is 0. The van der Waals surface area contributed by atoms with Crippen LogP contribution in [0.3, 0.4) is 0 Å². The van der Waals surface area contributed by atoms with Gasteiger partial charge in [0.1, 0.15) is 12.1 Å². The molecule has 0 aromatic heterocycles. The summed E-state index contributed by atoms with van der Waals surface area (Å²) in [5.74, 6) is -0.0752. The molecule has 2 aliphatic carbocycles. The van der Waals surface area contributed by atoms with Crippen molar-refractivity contribution < 1.29 is 14.4 Å². The molecule has 0 bridgehead atoms. The fourth-order valence-electron chi connectivity index (χ4n) is 3.44. The summed E-state index contributed by atoms with van der Waals surface area (Å²) in [6.07, 6.45) is 6.53. The van der Waals surface area contributed by atoms with Gasteiger partial charge in [0.15, 0.2) is 0 Å². The zero-order valence-electron chi connectivity index (χ0n) is 13.2. The van der Waals surface area contributed by atoms with Crippen molar-refractivity contribution in [3.8, 4) is 0 Å². The predicted octanol–water partition coefficient (Wildman–Crippen LogP) is 0.516. The molecule has 23 heavy (non-hydrogen) atoms. The molecule has 0 aromatic carbocycles. The molecule has 3 rings (SSSR count). The molecule has 130 valence electrons. The second kappa shape index (κ2) is 7.05. The number of nitrogens with zero attached hydrogens (tertiary/aromatic N) is 1. The van der Waals surface area contributed by atoms with Crippen LogP contribution in [-0.4, -0.2) is 47.4 Å². The molecular weight excluding hydrogens is 320 g/mol. The molecule has 1 saturated heterocycles. The van der Waals surface area contributed by atoms with Crippen molar-refractivity contribution in [2.45, 2.75) is 56.5 Å². The number of imide groups is 1. The Balaban J connectivity index is 0.00000192. The summed E-state index contributed by atoms with van der Waals surface area (Å²) >= 11 is 0. The first-order valence-corrected chi connectivity index (χ1v) is 8.18. The number of nitrogens with one attached hydrogen (secondary N) is 2. The lowest BCUT2D eigenvalue weighted by Crippen LogP contribution is -2.49. The van der Waals surface area contributed by atoms with Crippen LogP contribution >= 0.6 is 12.4 Å². The Morgan fingerprint density at radius 3 is 2.57 bits per heavy atom. The predicted molar refractivity (Wildman–Crippen MR) is 87.0 cm³/mol. The number of rotatable bonds is 5. The molecular formula is C15H25ClN4O3. The van der Waals surface area contributed by atoms with Crippen LogP contribution in [-0.2, 0) is 9.59 Å². The van der Waals surface area contributed by atoms with Gasteiger partial charge >= 0.3 is 6.03 Å². The lowest BCUT2D eigenvalue weighted by Gasteiger charge is -2.30. The minimum absolute atomic E-state index is 0. The highest BCUT2D eigenvalue weighted by Crippen LogP contribution is 2.33. The highest BCUT2D eigenvalue weighted by atomic mass is 35.5. The van der Waals surface area contributed by atoms with Crippen LogP contribution in [0.5, 0.6) is 0 Å². The van der Waals surface area contributed by atoms with E-state index < -0.39 is 11.6 Å². The van der Waals surface area contributed by atoms with E-state index in [1.807, 2.05) is 0 Å². The van der Waals surface area contributed by atoms with Crippen LogP contribution in [0.25, 0.3) is 0 Å². The smallest absolute Gasteiger partial charge is 0.325 e. The minimum Gasteiger partial charge on any atom is -0.353 e. The molecule has 1 spiro atoms. The van der Waals surface area contributed by atoms with Crippen LogP contribution < -0.4 is 16.4 Å². The summed E-state index contributed by atoms with van der Waals surface area (Å²) in [5, 5.41) is 5.53. The van der Waals surface area contributed by atoms with Gasteiger partial charge in [0.05, 0.1) is 0 Å². The zero-order valence-corrected chi connectivity index (χ0v) is 14.0. The lowest BCUT2D eigenvalue weighted by atomic mass is 9.82. The minimum atomic E-state index is -0.764. The van der Waals surface area contributed by atoms with Gasteiger partial charge in [-0.25, -0.2) is 4.79 Å². The number of carbonyl (C=O) groups is 3. The monoisotopic (exact) mass is 344 g/mol. The van der Waals surface area contributed by atoms with E-state index in [1.165, 1.54) is 0 Å². The van der Waals surface area contributed by atoms with Crippen molar-refractivity contribution in [1.82, 2.24) is 15.5 Å². The summed E-state index contributed by atoms with van der Waals surface area (Å²) in [6, 6.07) is -0.481. The van der Waals surface area contributed by atoms with Crippen LogP contribution in [0, 0.1) is 5.92 Å². The third-order valence-electron chi connectivity index (χ3n) is 5.02. The molecule has 4 N–H and O–H groups in total. The average molecular weight is 345 g/mol. The molecule has 1 aliphatic heterocycles. The molecule has 0 radical (unpaired) electrons. The summed E-state index contributed by atoms with van der Waals surface area (Å²) in [4.78, 5) is 37.6. The molecule has 1 heterocycles. The second-order valence-electron chi connectivity index (χ2n) is 6.77. The maximum Gasteiger partial charge on any atom is 0.325 e. The van der Waals surface area contributed by atoms with E-state index in [2.05, 4.69) is 10.6 Å². The number of halogens is 1. The lowest BCUT2D eigenvalue weighted by molar-refractivity contribution is -0.135. The molecule has 7 nitrogen and oxygen atoms in total. The Morgan fingerprint density at radius 1 is 1.30 bits per heavy atom. The molecule has 3 fully saturated rings. The number of hydrogen-bond donors (Lipinski definition) is 3. The van der Waals surface area contributed by atoms with Crippen LogP contribution in [0.2, 0.25) is 0 Å². The van der Waals surface area contributed by atoms with E-state index in [0.29, 0.717) is 25.3 Å². The second-order valence-corrected chi connectivity index (χ2v) is 6.77. The maximum absolute atomic E-state index is 12.5. The van der Waals surface area contributed by atoms with Gasteiger partial charge in [0.25, 0.3) is 5.91 Å². The third-order valence-corrected chi connectivity index (χ3v) is 5.02. The highest BCUT2D eigenvalue weighted by molar-refractivity contribution is 6.09. The van der Waals surface area contributed by atoms with Gasteiger partial charge in [-0.1, -0.05) is 19.3 Å². The molecule has 1 unspecified atom stereocenters. The van der Waals surface area contributed by atoms with Crippen molar-refractivity contribution in [2.75, 3.05) is 13.1 Å². The van der Waals surface area contributed by atoms with Crippen molar-refractivity contribution >= 4 is 30.3 Å². The van der Waals surface area contributed by atoms with E-state index in [1.54, 1.807) is 0 Å². The average Bonchev–Trinajstić information content (AvgIpc) is 3.32. The Morgan fingerprint density at radius 2 is 1.96 bits per heavy atom. The number of amides is 4. The first kappa shape index (κ1) is 18.0. The van der Waals surface area contributed by atoms with Crippen LogP contribution in [0.4, 0.5) is 4.79 Å². The Hall–Kier alpha value is -1.34. The highest BCUT2D eigenvalue weighted by Gasteiger charge is 2.51.